The third-order valence-electron chi connectivity index (χ3n) is 3.53. The summed E-state index contributed by atoms with van der Waals surface area (Å²) in [7, 11) is 1.71. The number of hydrogen-bond acceptors (Lipinski definition) is 2. The third kappa shape index (κ3) is 2.89. The molecule has 0 saturated heterocycles. The second kappa shape index (κ2) is 5.37. The van der Waals surface area contributed by atoms with E-state index in [2.05, 4.69) is 25.1 Å². The van der Waals surface area contributed by atoms with Gasteiger partial charge in [-0.3, -0.25) is 0 Å². The maximum absolute atomic E-state index is 5.74. The zero-order chi connectivity index (χ0) is 12.3. The number of methoxy groups -OCH3 is 1. The van der Waals surface area contributed by atoms with Crippen LogP contribution in [0.1, 0.15) is 37.7 Å². The van der Waals surface area contributed by atoms with Crippen LogP contribution in [0.15, 0.2) is 35.4 Å². The average molecular weight is 231 g/mol. The minimum absolute atomic E-state index is 0.465. The molecule has 1 fully saturated rings. The molecule has 1 aromatic rings. The molecule has 0 aliphatic heterocycles. The first-order valence-corrected chi connectivity index (χ1v) is 6.28. The van der Waals surface area contributed by atoms with E-state index in [9.17, 15) is 0 Å². The summed E-state index contributed by atoms with van der Waals surface area (Å²) < 4.78 is 5.29. The van der Waals surface area contributed by atoms with E-state index >= 15 is 0 Å². The fourth-order valence-electron chi connectivity index (χ4n) is 2.36. The van der Waals surface area contributed by atoms with E-state index in [4.69, 9.17) is 10.5 Å². The second-order valence-corrected chi connectivity index (χ2v) is 4.69. The predicted octanol–water partition coefficient (Wildman–Crippen LogP) is 3.24. The topological polar surface area (TPSA) is 35.2 Å². The molecule has 2 rings (SSSR count). The van der Waals surface area contributed by atoms with Crippen molar-refractivity contribution in [3.8, 4) is 5.75 Å². The summed E-state index contributed by atoms with van der Waals surface area (Å²) in [5, 5.41) is 0. The number of allylic oxidation sites excluding steroid dienone is 2. The lowest BCUT2D eigenvalue weighted by Crippen LogP contribution is -2.09. The van der Waals surface area contributed by atoms with Crippen LogP contribution in [0, 0.1) is 0 Å². The molecule has 17 heavy (non-hydrogen) atoms. The summed E-state index contributed by atoms with van der Waals surface area (Å²) >= 11 is 0. The van der Waals surface area contributed by atoms with Crippen molar-refractivity contribution in [2.45, 2.75) is 32.1 Å². The molecule has 0 heterocycles. The van der Waals surface area contributed by atoms with Crippen LogP contribution in [0.25, 0.3) is 0 Å². The Bertz CT molecular complexity index is 417. The van der Waals surface area contributed by atoms with Gasteiger partial charge in [-0.1, -0.05) is 23.3 Å². The number of benzene rings is 1. The Balaban J connectivity index is 2.28. The Hall–Kier alpha value is -1.28. The summed E-state index contributed by atoms with van der Waals surface area (Å²) in [6.45, 7) is 2.98. The summed E-state index contributed by atoms with van der Waals surface area (Å²) in [4.78, 5) is 0. The van der Waals surface area contributed by atoms with Crippen LogP contribution in [-0.4, -0.2) is 13.7 Å². The second-order valence-electron chi connectivity index (χ2n) is 4.69. The van der Waals surface area contributed by atoms with Crippen LogP contribution in [0.2, 0.25) is 0 Å². The van der Waals surface area contributed by atoms with Crippen LogP contribution >= 0.6 is 0 Å². The van der Waals surface area contributed by atoms with Gasteiger partial charge in [0.1, 0.15) is 5.75 Å². The molecular formula is C15H21NO. The van der Waals surface area contributed by atoms with Gasteiger partial charge in [-0.2, -0.15) is 0 Å². The van der Waals surface area contributed by atoms with Gasteiger partial charge in [0.05, 0.1) is 7.11 Å². The Morgan fingerprint density at radius 2 is 2.18 bits per heavy atom. The van der Waals surface area contributed by atoms with E-state index in [-0.39, 0.29) is 0 Å². The third-order valence-corrected chi connectivity index (χ3v) is 3.53. The molecule has 0 radical (unpaired) electrons. The standard InChI is InChI=1S/C15H21NO/c1-11(12-6-7-12)15(8-9-16)13-4-3-5-14(10-13)17-2/h3-5,10,15H,6-9,16H2,1-2H3. The molecule has 1 atom stereocenters. The van der Waals surface area contributed by atoms with Gasteiger partial charge in [-0.15, -0.1) is 0 Å². The lowest BCUT2D eigenvalue weighted by molar-refractivity contribution is 0.414. The highest BCUT2D eigenvalue weighted by Gasteiger charge is 2.22. The van der Waals surface area contributed by atoms with Crippen molar-refractivity contribution >= 4 is 0 Å². The molecule has 0 amide bonds. The molecule has 1 aromatic carbocycles. The van der Waals surface area contributed by atoms with Crippen molar-refractivity contribution in [2.24, 2.45) is 5.73 Å². The molecule has 1 aliphatic carbocycles. The molecule has 1 aliphatic rings. The largest absolute Gasteiger partial charge is 0.497 e. The van der Waals surface area contributed by atoms with E-state index in [1.54, 1.807) is 12.7 Å². The molecule has 2 N–H and O–H groups in total. The van der Waals surface area contributed by atoms with Gasteiger partial charge < -0.3 is 10.5 Å². The van der Waals surface area contributed by atoms with Gasteiger partial charge in [-0.25, -0.2) is 0 Å². The van der Waals surface area contributed by atoms with Crippen LogP contribution in [0.4, 0.5) is 0 Å². The van der Waals surface area contributed by atoms with Crippen molar-refractivity contribution in [3.05, 3.63) is 41.0 Å². The van der Waals surface area contributed by atoms with Crippen molar-refractivity contribution in [1.29, 1.82) is 0 Å². The van der Waals surface area contributed by atoms with E-state index in [1.165, 1.54) is 24.0 Å². The first-order chi connectivity index (χ1) is 8.26. The normalized spacial score (nSPS) is 15.6. The number of nitrogens with two attached hydrogens (primary N) is 1. The van der Waals surface area contributed by atoms with Gasteiger partial charge in [0, 0.05) is 5.92 Å². The van der Waals surface area contributed by atoms with E-state index in [0.717, 1.165) is 18.7 Å². The average Bonchev–Trinajstić information content (AvgIpc) is 3.19. The quantitative estimate of drug-likeness (QED) is 0.790. The Labute approximate surface area is 103 Å². The molecule has 92 valence electrons. The lowest BCUT2D eigenvalue weighted by atomic mass is 9.88. The van der Waals surface area contributed by atoms with Gasteiger partial charge in [0.25, 0.3) is 0 Å². The molecule has 2 heteroatoms. The van der Waals surface area contributed by atoms with E-state index in [0.29, 0.717) is 5.92 Å². The maximum atomic E-state index is 5.74. The van der Waals surface area contributed by atoms with Crippen LogP contribution < -0.4 is 10.5 Å². The smallest absolute Gasteiger partial charge is 0.119 e. The molecule has 1 saturated carbocycles. The summed E-state index contributed by atoms with van der Waals surface area (Å²) in [5.41, 5.74) is 10.2. The fourth-order valence-corrected chi connectivity index (χ4v) is 2.36. The van der Waals surface area contributed by atoms with E-state index in [1.807, 2.05) is 6.07 Å². The number of hydrogen-bond donors (Lipinski definition) is 1. The van der Waals surface area contributed by atoms with Crippen molar-refractivity contribution in [1.82, 2.24) is 0 Å². The Kier molecular flexibility index (Phi) is 3.85. The first kappa shape index (κ1) is 12.2. The lowest BCUT2D eigenvalue weighted by Gasteiger charge is -2.18. The molecule has 0 bridgehead atoms. The van der Waals surface area contributed by atoms with Gasteiger partial charge in [0.2, 0.25) is 0 Å². The SMILES string of the molecule is COc1cccc(C(CCN)C(C)=C2CC2)c1. The maximum Gasteiger partial charge on any atom is 0.119 e. The van der Waals surface area contributed by atoms with Crippen molar-refractivity contribution in [3.63, 3.8) is 0 Å². The minimum Gasteiger partial charge on any atom is -0.497 e. The van der Waals surface area contributed by atoms with Gasteiger partial charge in [-0.05, 0) is 50.4 Å². The van der Waals surface area contributed by atoms with Gasteiger partial charge >= 0.3 is 0 Å². The molecular weight excluding hydrogens is 210 g/mol. The van der Waals surface area contributed by atoms with Crippen molar-refractivity contribution in [2.75, 3.05) is 13.7 Å². The minimum atomic E-state index is 0.465. The zero-order valence-electron chi connectivity index (χ0n) is 10.7. The van der Waals surface area contributed by atoms with Crippen LogP contribution in [-0.2, 0) is 0 Å². The zero-order valence-corrected chi connectivity index (χ0v) is 10.7. The summed E-state index contributed by atoms with van der Waals surface area (Å²) in [5.74, 6) is 1.39. The predicted molar refractivity (Wildman–Crippen MR) is 71.3 cm³/mol. The van der Waals surface area contributed by atoms with Crippen LogP contribution in [0.3, 0.4) is 0 Å². The summed E-state index contributed by atoms with van der Waals surface area (Å²) in [6.07, 6.45) is 3.57. The molecule has 1 unspecified atom stereocenters. The first-order valence-electron chi connectivity index (χ1n) is 6.28. The number of ether oxygens (including phenoxy) is 1. The fraction of sp³-hybridized carbons (Fsp3) is 0.467. The molecule has 0 spiro atoms. The monoisotopic (exact) mass is 231 g/mol. The van der Waals surface area contributed by atoms with Gasteiger partial charge in [0.15, 0.2) is 0 Å². The Morgan fingerprint density at radius 3 is 2.76 bits per heavy atom. The van der Waals surface area contributed by atoms with Crippen molar-refractivity contribution < 1.29 is 4.74 Å². The highest BCUT2D eigenvalue weighted by molar-refractivity contribution is 5.38. The molecule has 2 nitrogen and oxygen atoms in total. The highest BCUT2D eigenvalue weighted by atomic mass is 16.5. The highest BCUT2D eigenvalue weighted by Crippen LogP contribution is 2.39. The molecule has 0 aromatic heterocycles. The van der Waals surface area contributed by atoms with Crippen LogP contribution in [0.5, 0.6) is 5.75 Å². The number of rotatable bonds is 5. The van der Waals surface area contributed by atoms with E-state index < -0.39 is 0 Å². The summed E-state index contributed by atoms with van der Waals surface area (Å²) in [6, 6.07) is 8.35. The Morgan fingerprint density at radius 1 is 1.41 bits per heavy atom.